The zero-order valence-corrected chi connectivity index (χ0v) is 21.4. The van der Waals surface area contributed by atoms with Crippen LogP contribution in [0.5, 0.6) is 0 Å². The summed E-state index contributed by atoms with van der Waals surface area (Å²) in [6.07, 6.45) is 2.74. The van der Waals surface area contributed by atoms with E-state index in [1.54, 1.807) is 0 Å². The Morgan fingerprint density at radius 2 is 1.78 bits per heavy atom. The molecule has 5 aromatic rings. The number of rotatable bonds is 4. The lowest BCUT2D eigenvalue weighted by Gasteiger charge is -2.32. The second-order valence-corrected chi connectivity index (χ2v) is 9.62. The number of hydrogen-bond acceptors (Lipinski definition) is 6. The summed E-state index contributed by atoms with van der Waals surface area (Å²) in [6.45, 7) is 10.7. The van der Waals surface area contributed by atoms with Crippen molar-refractivity contribution in [1.29, 1.82) is 0 Å². The lowest BCUT2D eigenvalue weighted by atomic mass is 9.98. The van der Waals surface area contributed by atoms with Crippen molar-refractivity contribution in [3.8, 4) is 5.69 Å². The van der Waals surface area contributed by atoms with Crippen LogP contribution in [0, 0.1) is 20.8 Å². The van der Waals surface area contributed by atoms with Gasteiger partial charge in [0.15, 0.2) is 11.5 Å². The van der Waals surface area contributed by atoms with Gasteiger partial charge in [0, 0.05) is 23.5 Å². The molecule has 1 unspecified atom stereocenters. The summed E-state index contributed by atoms with van der Waals surface area (Å²) in [6, 6.07) is 15.1. The van der Waals surface area contributed by atoms with E-state index < -0.39 is 0 Å². The van der Waals surface area contributed by atoms with Crippen LogP contribution in [-0.2, 0) is 19.3 Å². The number of benzene rings is 2. The SMILES string of the molecule is CCc1nc2c(C)cc(C)nc2n1-c1ccc2c(c1C)CCc1ccccc1N2C(C)c1nn[nH]n1. The highest BCUT2D eigenvalue weighted by molar-refractivity contribution is 5.80. The molecule has 1 aliphatic heterocycles. The molecule has 182 valence electrons. The number of aromatic nitrogens is 7. The Kier molecular flexibility index (Phi) is 5.32. The number of pyridine rings is 1. The fourth-order valence-electron chi connectivity index (χ4n) is 5.64. The molecule has 0 fully saturated rings. The number of aromatic amines is 1. The number of nitrogens with one attached hydrogen (secondary N) is 1. The second kappa shape index (κ2) is 8.55. The quantitative estimate of drug-likeness (QED) is 0.371. The molecule has 1 atom stereocenters. The van der Waals surface area contributed by atoms with Crippen molar-refractivity contribution in [2.45, 2.75) is 59.9 Å². The van der Waals surface area contributed by atoms with E-state index in [-0.39, 0.29) is 6.04 Å². The lowest BCUT2D eigenvalue weighted by molar-refractivity contribution is 0.711. The average Bonchev–Trinajstić information content (AvgIpc) is 3.49. The summed E-state index contributed by atoms with van der Waals surface area (Å²) in [5.74, 6) is 1.70. The van der Waals surface area contributed by atoms with Crippen LogP contribution in [0.1, 0.15) is 59.5 Å². The van der Waals surface area contributed by atoms with Gasteiger partial charge in [-0.25, -0.2) is 9.97 Å². The highest BCUT2D eigenvalue weighted by atomic mass is 15.5. The van der Waals surface area contributed by atoms with Crippen LogP contribution >= 0.6 is 0 Å². The number of para-hydroxylation sites is 1. The summed E-state index contributed by atoms with van der Waals surface area (Å²) in [5, 5.41) is 15.1. The van der Waals surface area contributed by atoms with Gasteiger partial charge in [-0.05, 0) is 87.1 Å². The van der Waals surface area contributed by atoms with Gasteiger partial charge >= 0.3 is 0 Å². The molecule has 0 spiro atoms. The standard InChI is InChI=1S/C28H30N8/c1-6-25-30-26-16(2)15-17(3)29-28(26)36(25)22-13-14-24-21(18(22)4)12-11-20-9-7-8-10-23(20)35(24)19(5)27-31-33-34-32-27/h7-10,13-15,19H,6,11-12H2,1-5H3,(H,31,32,33,34). The van der Waals surface area contributed by atoms with Gasteiger partial charge in [-0.1, -0.05) is 30.3 Å². The van der Waals surface area contributed by atoms with Crippen LogP contribution in [0.4, 0.5) is 11.4 Å². The van der Waals surface area contributed by atoms with Gasteiger partial charge in [0.05, 0.1) is 11.7 Å². The summed E-state index contributed by atoms with van der Waals surface area (Å²) >= 11 is 0. The average molecular weight is 479 g/mol. The summed E-state index contributed by atoms with van der Waals surface area (Å²) < 4.78 is 2.26. The van der Waals surface area contributed by atoms with Gasteiger partial charge in [-0.15, -0.1) is 10.2 Å². The van der Waals surface area contributed by atoms with Crippen molar-refractivity contribution in [1.82, 2.24) is 35.2 Å². The van der Waals surface area contributed by atoms with E-state index >= 15 is 0 Å². The van der Waals surface area contributed by atoms with Crippen LogP contribution in [0.3, 0.4) is 0 Å². The molecule has 3 aromatic heterocycles. The minimum Gasteiger partial charge on any atom is -0.330 e. The molecule has 1 N–H and O–H groups in total. The Balaban J connectivity index is 1.58. The number of H-pyrrole nitrogens is 1. The van der Waals surface area contributed by atoms with Gasteiger partial charge in [0.1, 0.15) is 11.3 Å². The topological polar surface area (TPSA) is 88.4 Å². The summed E-state index contributed by atoms with van der Waals surface area (Å²) in [5.41, 5.74) is 11.5. The maximum absolute atomic E-state index is 4.99. The number of imidazole rings is 1. The molecule has 1 aliphatic rings. The van der Waals surface area contributed by atoms with E-state index in [2.05, 4.69) is 100 Å². The second-order valence-electron chi connectivity index (χ2n) is 9.62. The molecule has 8 heteroatoms. The van der Waals surface area contributed by atoms with Crippen LogP contribution in [0.25, 0.3) is 16.9 Å². The van der Waals surface area contributed by atoms with Crippen molar-refractivity contribution in [2.75, 3.05) is 4.90 Å². The molecule has 4 heterocycles. The molecule has 2 aromatic carbocycles. The molecule has 0 saturated heterocycles. The molecule has 0 saturated carbocycles. The number of nitrogens with zero attached hydrogens (tertiary/aromatic N) is 7. The van der Waals surface area contributed by atoms with Gasteiger partial charge in [-0.3, -0.25) is 4.57 Å². The third-order valence-electron chi connectivity index (χ3n) is 7.38. The fraction of sp³-hybridized carbons (Fsp3) is 0.321. The molecule has 8 nitrogen and oxygen atoms in total. The number of anilines is 2. The predicted molar refractivity (Wildman–Crippen MR) is 141 cm³/mol. The van der Waals surface area contributed by atoms with E-state index in [1.807, 2.05) is 6.92 Å². The normalized spacial score (nSPS) is 14.0. The molecule has 6 rings (SSSR count). The van der Waals surface area contributed by atoms with E-state index in [9.17, 15) is 0 Å². The Labute approximate surface area is 210 Å². The first kappa shape index (κ1) is 22.4. The van der Waals surface area contributed by atoms with Crippen molar-refractivity contribution < 1.29 is 0 Å². The maximum Gasteiger partial charge on any atom is 0.196 e. The van der Waals surface area contributed by atoms with Crippen LogP contribution in [0.15, 0.2) is 42.5 Å². The molecular weight excluding hydrogens is 448 g/mol. The molecule has 0 bridgehead atoms. The number of hydrogen-bond donors (Lipinski definition) is 1. The van der Waals surface area contributed by atoms with Crippen molar-refractivity contribution >= 4 is 22.5 Å². The zero-order valence-electron chi connectivity index (χ0n) is 21.4. The van der Waals surface area contributed by atoms with Gasteiger partial charge < -0.3 is 4.90 Å². The van der Waals surface area contributed by atoms with E-state index in [0.29, 0.717) is 5.82 Å². The van der Waals surface area contributed by atoms with Crippen LogP contribution < -0.4 is 4.90 Å². The zero-order chi connectivity index (χ0) is 25.0. The molecule has 0 aliphatic carbocycles. The molecule has 0 amide bonds. The Bertz CT molecular complexity index is 1580. The minimum absolute atomic E-state index is 0.0840. The summed E-state index contributed by atoms with van der Waals surface area (Å²) in [7, 11) is 0. The maximum atomic E-state index is 4.99. The largest absolute Gasteiger partial charge is 0.330 e. The first-order valence-electron chi connectivity index (χ1n) is 12.6. The van der Waals surface area contributed by atoms with Gasteiger partial charge in [-0.2, -0.15) is 5.21 Å². The number of aryl methyl sites for hydroxylation is 4. The Morgan fingerprint density at radius 3 is 2.56 bits per heavy atom. The number of tetrazole rings is 1. The Hall–Kier alpha value is -4.07. The lowest BCUT2D eigenvalue weighted by Crippen LogP contribution is -2.24. The van der Waals surface area contributed by atoms with Crippen molar-refractivity contribution in [3.63, 3.8) is 0 Å². The third kappa shape index (κ3) is 3.39. The highest BCUT2D eigenvalue weighted by Crippen LogP contribution is 2.43. The van der Waals surface area contributed by atoms with Crippen molar-refractivity contribution in [2.24, 2.45) is 0 Å². The van der Waals surface area contributed by atoms with E-state index in [1.165, 1.54) is 28.1 Å². The van der Waals surface area contributed by atoms with Crippen molar-refractivity contribution in [3.05, 3.63) is 82.1 Å². The van der Waals surface area contributed by atoms with E-state index in [0.717, 1.165) is 53.2 Å². The summed E-state index contributed by atoms with van der Waals surface area (Å²) in [4.78, 5) is 12.3. The van der Waals surface area contributed by atoms with E-state index in [4.69, 9.17) is 9.97 Å². The Morgan fingerprint density at radius 1 is 0.972 bits per heavy atom. The third-order valence-corrected chi connectivity index (χ3v) is 7.38. The number of fused-ring (bicyclic) bond motifs is 3. The fourth-order valence-corrected chi connectivity index (χ4v) is 5.64. The highest BCUT2D eigenvalue weighted by Gasteiger charge is 2.29. The molecular formula is C28H30N8. The first-order valence-corrected chi connectivity index (χ1v) is 12.6. The van der Waals surface area contributed by atoms with Gasteiger partial charge in [0.25, 0.3) is 0 Å². The molecule has 36 heavy (non-hydrogen) atoms. The molecule has 0 radical (unpaired) electrons. The van der Waals surface area contributed by atoms with Crippen LogP contribution in [-0.4, -0.2) is 35.2 Å². The monoisotopic (exact) mass is 478 g/mol. The van der Waals surface area contributed by atoms with Gasteiger partial charge in [0.2, 0.25) is 0 Å². The smallest absolute Gasteiger partial charge is 0.196 e. The first-order chi connectivity index (χ1) is 17.5. The van der Waals surface area contributed by atoms with Crippen LogP contribution in [0.2, 0.25) is 0 Å². The predicted octanol–water partition coefficient (Wildman–Crippen LogP) is 5.42. The minimum atomic E-state index is -0.0840.